The van der Waals surface area contributed by atoms with Crippen LogP contribution in [0.15, 0.2) is 0 Å². The molecule has 5 rings (SSSR count). The maximum atomic E-state index is 6.08. The molecule has 6 nitrogen and oxygen atoms in total. The molecule has 5 fully saturated rings. The van der Waals surface area contributed by atoms with Crippen molar-refractivity contribution in [2.75, 3.05) is 41.7 Å². The molecule has 0 radical (unpaired) electrons. The van der Waals surface area contributed by atoms with Gasteiger partial charge >= 0.3 is 0 Å². The van der Waals surface area contributed by atoms with Crippen molar-refractivity contribution in [2.45, 2.75) is 68.7 Å². The quantitative estimate of drug-likeness (QED) is 0.730. The molecule has 11 unspecified atom stereocenters. The first-order chi connectivity index (χ1) is 13.7. The number of likely N-dealkylation sites (tertiary alicyclic amines) is 1. The topological polar surface area (TPSA) is 49.4 Å². The molecule has 0 aromatic carbocycles. The van der Waals surface area contributed by atoms with Gasteiger partial charge in [0.2, 0.25) is 0 Å². The first kappa shape index (κ1) is 19.7. The Labute approximate surface area is 169 Å². The van der Waals surface area contributed by atoms with Gasteiger partial charge in [0.15, 0.2) is 0 Å². The second-order valence-corrected chi connectivity index (χ2v) is 9.82. The summed E-state index contributed by atoms with van der Waals surface area (Å²) in [5.74, 6) is 3.19. The Kier molecular flexibility index (Phi) is 5.48. The number of piperidine rings is 1. The van der Waals surface area contributed by atoms with E-state index in [1.165, 1.54) is 19.3 Å². The molecule has 0 bridgehead atoms. The molecule has 0 aromatic rings. The van der Waals surface area contributed by atoms with Crippen molar-refractivity contribution >= 4 is 0 Å². The van der Waals surface area contributed by atoms with E-state index < -0.39 is 0 Å². The van der Waals surface area contributed by atoms with Gasteiger partial charge in [0.25, 0.3) is 0 Å². The smallest absolute Gasteiger partial charge is 0.147 e. The summed E-state index contributed by atoms with van der Waals surface area (Å²) < 4.78 is 29.7. The third kappa shape index (κ3) is 2.98. The number of methoxy groups -OCH3 is 3. The highest BCUT2D eigenvalue weighted by molar-refractivity contribution is 5.09. The van der Waals surface area contributed by atoms with E-state index in [-0.39, 0.29) is 18.3 Å². The summed E-state index contributed by atoms with van der Waals surface area (Å²) in [6, 6.07) is 0.624. The Balaban J connectivity index is 1.43. The van der Waals surface area contributed by atoms with Gasteiger partial charge in [0.05, 0.1) is 30.5 Å². The van der Waals surface area contributed by atoms with Crippen LogP contribution in [0.5, 0.6) is 0 Å². The van der Waals surface area contributed by atoms with Crippen LogP contribution in [0.3, 0.4) is 0 Å². The summed E-state index contributed by atoms with van der Waals surface area (Å²) >= 11 is 0. The molecular formula is C22H37NO5. The van der Waals surface area contributed by atoms with Crippen LogP contribution in [0.4, 0.5) is 0 Å². The normalized spacial score (nSPS) is 53.8. The Morgan fingerprint density at radius 1 is 0.786 bits per heavy atom. The molecule has 2 aliphatic heterocycles. The molecule has 2 heterocycles. The summed E-state index contributed by atoms with van der Waals surface area (Å²) in [6.07, 6.45) is 7.07. The van der Waals surface area contributed by atoms with Crippen LogP contribution < -0.4 is 0 Å². The molecule has 0 aromatic heterocycles. The highest BCUT2D eigenvalue weighted by Gasteiger charge is 2.58. The molecule has 6 heteroatoms. The van der Waals surface area contributed by atoms with E-state index in [1.54, 1.807) is 0 Å². The Hall–Kier alpha value is -0.240. The van der Waals surface area contributed by atoms with Crippen molar-refractivity contribution in [2.24, 2.45) is 29.6 Å². The van der Waals surface area contributed by atoms with E-state index in [9.17, 15) is 0 Å². The van der Waals surface area contributed by atoms with Crippen molar-refractivity contribution in [3.05, 3.63) is 0 Å². The molecule has 0 N–H and O–H groups in total. The predicted molar refractivity (Wildman–Crippen MR) is 104 cm³/mol. The van der Waals surface area contributed by atoms with Gasteiger partial charge < -0.3 is 28.6 Å². The lowest BCUT2D eigenvalue weighted by atomic mass is 9.54. The molecule has 11 atom stereocenters. The molecule has 28 heavy (non-hydrogen) atoms. The Bertz CT molecular complexity index is 561. The number of hydrogen-bond donors (Lipinski definition) is 0. The average molecular weight is 396 g/mol. The molecule has 3 saturated carbocycles. The third-order valence-electron chi connectivity index (χ3n) is 8.93. The maximum absolute atomic E-state index is 6.08. The summed E-state index contributed by atoms with van der Waals surface area (Å²) in [4.78, 5) is 2.65. The van der Waals surface area contributed by atoms with Crippen LogP contribution in [0.1, 0.15) is 32.1 Å². The van der Waals surface area contributed by atoms with Crippen molar-refractivity contribution in [1.82, 2.24) is 4.90 Å². The van der Waals surface area contributed by atoms with Crippen molar-refractivity contribution in [1.29, 1.82) is 0 Å². The van der Waals surface area contributed by atoms with E-state index in [2.05, 4.69) is 11.9 Å². The summed E-state index contributed by atoms with van der Waals surface area (Å²) in [7, 11) is 7.88. The lowest BCUT2D eigenvalue weighted by molar-refractivity contribution is -0.202. The molecule has 3 aliphatic carbocycles. The highest BCUT2D eigenvalue weighted by atomic mass is 16.7. The lowest BCUT2D eigenvalue weighted by Gasteiger charge is -2.61. The van der Waals surface area contributed by atoms with E-state index in [1.807, 2.05) is 21.3 Å². The zero-order chi connectivity index (χ0) is 19.4. The fraction of sp³-hybridized carbons (Fsp3) is 1.00. The Morgan fingerprint density at radius 3 is 2.25 bits per heavy atom. The number of ether oxygens (including phenoxy) is 5. The third-order valence-corrected chi connectivity index (χ3v) is 8.93. The molecule has 160 valence electrons. The van der Waals surface area contributed by atoms with E-state index >= 15 is 0 Å². The van der Waals surface area contributed by atoms with Crippen molar-refractivity contribution in [3.8, 4) is 0 Å². The molecule has 0 spiro atoms. The van der Waals surface area contributed by atoms with E-state index in [0.717, 1.165) is 25.3 Å². The summed E-state index contributed by atoms with van der Waals surface area (Å²) in [5.41, 5.74) is 0. The zero-order valence-corrected chi connectivity index (χ0v) is 17.8. The molecule has 0 amide bonds. The number of hydrogen-bond acceptors (Lipinski definition) is 6. The second kappa shape index (κ2) is 7.78. The first-order valence-electron chi connectivity index (χ1n) is 11.2. The van der Waals surface area contributed by atoms with Gasteiger partial charge in [-0.2, -0.15) is 0 Å². The minimum Gasteiger partial charge on any atom is -0.381 e. The van der Waals surface area contributed by atoms with Crippen LogP contribution in [0, 0.1) is 29.6 Å². The second-order valence-electron chi connectivity index (χ2n) is 9.82. The average Bonchev–Trinajstić information content (AvgIpc) is 3.17. The first-order valence-corrected chi connectivity index (χ1v) is 11.2. The maximum Gasteiger partial charge on any atom is 0.147 e. The summed E-state index contributed by atoms with van der Waals surface area (Å²) in [5, 5.41) is 0. The van der Waals surface area contributed by atoms with Crippen LogP contribution >= 0.6 is 0 Å². The Morgan fingerprint density at radius 2 is 1.54 bits per heavy atom. The van der Waals surface area contributed by atoms with Crippen LogP contribution in [0.2, 0.25) is 0 Å². The van der Waals surface area contributed by atoms with Crippen molar-refractivity contribution < 1.29 is 23.7 Å². The minimum atomic E-state index is 0.122. The van der Waals surface area contributed by atoms with Gasteiger partial charge in [-0.3, -0.25) is 0 Å². The van der Waals surface area contributed by atoms with Gasteiger partial charge in [0, 0.05) is 46.3 Å². The van der Waals surface area contributed by atoms with Gasteiger partial charge in [-0.05, 0) is 56.4 Å². The highest BCUT2D eigenvalue weighted by Crippen LogP contribution is 2.55. The van der Waals surface area contributed by atoms with Crippen LogP contribution in [-0.4, -0.2) is 83.2 Å². The predicted octanol–water partition coefficient (Wildman–Crippen LogP) is 2.16. The molecular weight excluding hydrogens is 358 g/mol. The van der Waals surface area contributed by atoms with E-state index in [0.29, 0.717) is 48.7 Å². The van der Waals surface area contributed by atoms with E-state index in [4.69, 9.17) is 23.7 Å². The van der Waals surface area contributed by atoms with Crippen molar-refractivity contribution in [3.63, 3.8) is 0 Å². The van der Waals surface area contributed by atoms with Crippen LogP contribution in [-0.2, 0) is 23.7 Å². The zero-order valence-electron chi connectivity index (χ0n) is 17.8. The van der Waals surface area contributed by atoms with Gasteiger partial charge in [-0.25, -0.2) is 0 Å². The SMILES string of the molecule is COC1CC(OC)C2C(CN(C)C3C4CC5OCOC5CC4CCC23)C1OC. The fourth-order valence-electron chi connectivity index (χ4n) is 7.90. The standard InChI is InChI=1S/C22H37NO5/c1-23-10-15-20(18(24-2)9-19(25-3)22(15)26-4)13-6-5-12-7-16-17(28-11-27-16)8-14(12)21(13)23/h12-22H,5-11H2,1-4H3. The number of fused-ring (bicyclic) bond motifs is 6. The van der Waals surface area contributed by atoms with Gasteiger partial charge in [-0.15, -0.1) is 0 Å². The van der Waals surface area contributed by atoms with Crippen LogP contribution in [0.25, 0.3) is 0 Å². The molecule has 2 saturated heterocycles. The number of rotatable bonds is 3. The number of nitrogens with zero attached hydrogens (tertiary/aromatic N) is 1. The van der Waals surface area contributed by atoms with Gasteiger partial charge in [0.1, 0.15) is 6.79 Å². The lowest BCUT2D eigenvalue weighted by Crippen LogP contribution is -2.67. The van der Waals surface area contributed by atoms with Gasteiger partial charge in [-0.1, -0.05) is 0 Å². The minimum absolute atomic E-state index is 0.122. The fourth-order valence-corrected chi connectivity index (χ4v) is 7.90. The largest absolute Gasteiger partial charge is 0.381 e. The molecule has 5 aliphatic rings. The monoisotopic (exact) mass is 395 g/mol. The summed E-state index contributed by atoms with van der Waals surface area (Å²) in [6.45, 7) is 1.56.